The molecule has 2 saturated heterocycles. The number of benzene rings is 1. The number of amides is 4. The summed E-state index contributed by atoms with van der Waals surface area (Å²) in [5, 5.41) is 54.0. The van der Waals surface area contributed by atoms with E-state index in [2.05, 4.69) is 41.6 Å². The van der Waals surface area contributed by atoms with Crippen LogP contribution < -0.4 is 15.4 Å². The highest BCUT2D eigenvalue weighted by molar-refractivity contribution is 5.91. The van der Waals surface area contributed by atoms with E-state index in [0.717, 1.165) is 30.7 Å². The van der Waals surface area contributed by atoms with Gasteiger partial charge in [-0.25, -0.2) is 14.0 Å². The van der Waals surface area contributed by atoms with E-state index in [4.69, 9.17) is 4.74 Å². The average molecular weight is 1020 g/mol. The second kappa shape index (κ2) is 19.4. The van der Waals surface area contributed by atoms with E-state index >= 15 is 0 Å². The third-order valence-electron chi connectivity index (χ3n) is 14.9. The molecule has 23 heteroatoms. The molecule has 4 amide bonds. The van der Waals surface area contributed by atoms with E-state index in [1.54, 1.807) is 34.9 Å². The minimum absolute atomic E-state index is 0.00769. The van der Waals surface area contributed by atoms with Gasteiger partial charge in [-0.1, -0.05) is 70.2 Å². The quantitative estimate of drug-likeness (QED) is 0.118. The van der Waals surface area contributed by atoms with Crippen LogP contribution in [-0.2, 0) is 30.9 Å². The fourth-order valence-electron chi connectivity index (χ4n) is 10.7. The number of carbonyl (C=O) groups excluding carboxylic acids is 4. The summed E-state index contributed by atoms with van der Waals surface area (Å²) < 4.78 is 50.6. The van der Waals surface area contributed by atoms with E-state index in [-0.39, 0.29) is 67.4 Å². The number of β-amino-alcohol motifs (C(OH)–C–C–N with tert-alkyl or cyclic N) is 2. The topological polar surface area (TPSA) is 241 Å². The molecular formula is C50H70F3N13O7. The molecule has 10 atom stereocenters. The van der Waals surface area contributed by atoms with Gasteiger partial charge in [-0.3, -0.25) is 19.2 Å². The first-order valence-electron chi connectivity index (χ1n) is 25.2. The first-order chi connectivity index (χ1) is 34.0. The smallest absolute Gasteiger partial charge is 0.416 e. The number of halogens is 3. The van der Waals surface area contributed by atoms with Gasteiger partial charge in [0.2, 0.25) is 23.6 Å². The van der Waals surface area contributed by atoms with Crippen molar-refractivity contribution in [2.24, 2.45) is 16.2 Å². The summed E-state index contributed by atoms with van der Waals surface area (Å²) >= 11 is 0. The van der Waals surface area contributed by atoms with E-state index in [9.17, 15) is 42.6 Å². The molecule has 4 N–H and O–H groups in total. The molecule has 73 heavy (non-hydrogen) atoms. The number of aromatic nitrogens is 9. The Morgan fingerprint density at radius 1 is 0.753 bits per heavy atom. The second-order valence-corrected chi connectivity index (χ2v) is 23.5. The van der Waals surface area contributed by atoms with Crippen LogP contribution in [0.3, 0.4) is 0 Å². The molecule has 4 aromatic rings. The minimum atomic E-state index is -4.55. The molecule has 1 aromatic carbocycles. The van der Waals surface area contributed by atoms with Crippen LogP contribution in [0.4, 0.5) is 13.2 Å². The summed E-state index contributed by atoms with van der Waals surface area (Å²) in [7, 11) is 0. The van der Waals surface area contributed by atoms with Crippen molar-refractivity contribution in [3.63, 3.8) is 0 Å². The highest BCUT2D eigenvalue weighted by Gasteiger charge is 2.72. The van der Waals surface area contributed by atoms with E-state index < -0.39 is 88.3 Å². The standard InChI is InChI=1S/C50H70F3N13O7/c1-12-31(73-32-15-13-14-28(16-32)50(51,52)53)21-54-42(69)37-17-29(67)22-62(37)44(71)40(46(4,5)6)65-24-35(56-59-65)33-19-49(33)20-34(49)36-25-66(60-57-36)41(47(7,8)9)45(72)63-23-30(68)18-38(63)43(70)55-48(10,11)39-26-64(27(2)3)61-58-39/h13-16,24-27,29-31,33-34,37-38,40-41,67-68H,12,17-23H2,1-11H3,(H,54,69)(H,55,70)/t29-,30-,31?,33?,34?,37+,38+,40-,41-,49?/m1/s1. The second-order valence-electron chi connectivity index (χ2n) is 23.5. The van der Waals surface area contributed by atoms with Crippen LogP contribution in [0.15, 0.2) is 42.9 Å². The van der Waals surface area contributed by atoms with E-state index in [1.807, 2.05) is 69.2 Å². The number of hydrogen-bond donors (Lipinski definition) is 4. The van der Waals surface area contributed by atoms with Gasteiger partial charge in [-0.2, -0.15) is 13.2 Å². The van der Waals surface area contributed by atoms with Gasteiger partial charge < -0.3 is 35.4 Å². The zero-order valence-corrected chi connectivity index (χ0v) is 43.5. The number of aliphatic hydroxyl groups excluding tert-OH is 2. The summed E-state index contributed by atoms with van der Waals surface area (Å²) in [4.78, 5) is 59.7. The Bertz CT molecular complexity index is 2690. The van der Waals surface area contributed by atoms with Crippen molar-refractivity contribution in [2.75, 3.05) is 19.6 Å². The summed E-state index contributed by atoms with van der Waals surface area (Å²) in [6.45, 7) is 20.6. The average Bonchev–Trinajstić information content (AvgIpc) is 3.75. The van der Waals surface area contributed by atoms with Crippen LogP contribution in [0, 0.1) is 16.2 Å². The summed E-state index contributed by atoms with van der Waals surface area (Å²) in [5.41, 5.74) is -1.33. The van der Waals surface area contributed by atoms with Crippen LogP contribution in [-0.4, -0.2) is 139 Å². The fraction of sp³-hybridized carbons (Fsp3) is 0.680. The van der Waals surface area contributed by atoms with Crippen molar-refractivity contribution in [2.45, 2.75) is 180 Å². The lowest BCUT2D eigenvalue weighted by Gasteiger charge is -2.35. The van der Waals surface area contributed by atoms with Crippen molar-refractivity contribution in [1.82, 2.24) is 65.4 Å². The molecule has 0 bridgehead atoms. The van der Waals surface area contributed by atoms with E-state index in [1.165, 1.54) is 26.6 Å². The molecule has 2 aliphatic heterocycles. The number of ether oxygens (including phenoxy) is 1. The molecular weight excluding hydrogens is 952 g/mol. The maximum atomic E-state index is 14.6. The molecule has 2 saturated carbocycles. The monoisotopic (exact) mass is 1020 g/mol. The Balaban J connectivity index is 0.919. The highest BCUT2D eigenvalue weighted by atomic mass is 19.4. The first-order valence-corrected chi connectivity index (χ1v) is 25.2. The predicted octanol–water partition coefficient (Wildman–Crippen LogP) is 4.85. The molecule has 5 heterocycles. The van der Waals surface area contributed by atoms with Gasteiger partial charge in [0, 0.05) is 56.2 Å². The first kappa shape index (κ1) is 53.3. The summed E-state index contributed by atoms with van der Waals surface area (Å²) in [6.07, 6.45) is 0.305. The van der Waals surface area contributed by atoms with Crippen LogP contribution >= 0.6 is 0 Å². The Labute approximate surface area is 422 Å². The number of nitrogens with one attached hydrogen (secondary N) is 2. The van der Waals surface area contributed by atoms with Crippen molar-refractivity contribution >= 4 is 23.6 Å². The Hall–Kier alpha value is -5.97. The number of alkyl halides is 3. The van der Waals surface area contributed by atoms with Crippen molar-refractivity contribution in [3.05, 3.63) is 65.5 Å². The largest absolute Gasteiger partial charge is 0.489 e. The molecule has 0 radical (unpaired) electrons. The van der Waals surface area contributed by atoms with Crippen LogP contribution in [0.1, 0.15) is 161 Å². The van der Waals surface area contributed by atoms with Crippen molar-refractivity contribution < 1.29 is 47.3 Å². The lowest BCUT2D eigenvalue weighted by Crippen LogP contribution is -2.53. The normalized spacial score (nSPS) is 25.5. The Morgan fingerprint density at radius 2 is 1.26 bits per heavy atom. The molecule has 20 nitrogen and oxygen atoms in total. The van der Waals surface area contributed by atoms with Gasteiger partial charge in [0.25, 0.3) is 0 Å². The minimum Gasteiger partial charge on any atom is -0.489 e. The number of nitrogens with zero attached hydrogens (tertiary/aromatic N) is 11. The van der Waals surface area contributed by atoms with Gasteiger partial charge in [0.1, 0.15) is 41.7 Å². The maximum absolute atomic E-state index is 14.6. The van der Waals surface area contributed by atoms with Gasteiger partial charge >= 0.3 is 6.18 Å². The summed E-state index contributed by atoms with van der Waals surface area (Å²) in [6, 6.07) is 0.879. The van der Waals surface area contributed by atoms with Gasteiger partial charge in [0.15, 0.2) is 0 Å². The van der Waals surface area contributed by atoms with E-state index in [0.29, 0.717) is 17.8 Å². The summed E-state index contributed by atoms with van der Waals surface area (Å²) in [5.74, 6) is -1.69. The molecule has 3 aromatic heterocycles. The van der Waals surface area contributed by atoms with Crippen LogP contribution in [0.5, 0.6) is 5.75 Å². The zero-order valence-electron chi connectivity index (χ0n) is 43.5. The predicted molar refractivity (Wildman–Crippen MR) is 257 cm³/mol. The molecule has 4 unspecified atom stereocenters. The number of likely N-dealkylation sites (tertiary alicyclic amines) is 2. The van der Waals surface area contributed by atoms with Crippen molar-refractivity contribution in [1.29, 1.82) is 0 Å². The Morgan fingerprint density at radius 3 is 1.73 bits per heavy atom. The third kappa shape index (κ3) is 11.0. The lowest BCUT2D eigenvalue weighted by molar-refractivity contribution is -0.144. The molecule has 4 aliphatic rings. The SMILES string of the molecule is CCC(CNC(=O)[C@@H]1C[C@@H](O)CN1C(=O)[C@@H](n1cc(C2CC23CC3c2cn([C@H](C(=O)N3C[C@H](O)C[C@H]3C(=O)NC(C)(C)c3cn(C(C)C)nn3)C(C)(C)C)nn2)nn1)C(C)(C)C)Oc1cccc(C(F)(F)F)c1. The molecule has 398 valence electrons. The lowest BCUT2D eigenvalue weighted by atomic mass is 9.85. The number of aliphatic hydroxyl groups is 2. The fourth-order valence-corrected chi connectivity index (χ4v) is 10.7. The van der Waals surface area contributed by atoms with Gasteiger partial charge in [-0.15, -0.1) is 15.3 Å². The van der Waals surface area contributed by atoms with Crippen LogP contribution in [0.25, 0.3) is 0 Å². The van der Waals surface area contributed by atoms with Gasteiger partial charge in [-0.05, 0) is 81.4 Å². The molecule has 2 aliphatic carbocycles. The van der Waals surface area contributed by atoms with Gasteiger partial charge in [0.05, 0.1) is 47.4 Å². The third-order valence-corrected chi connectivity index (χ3v) is 14.9. The Kier molecular flexibility index (Phi) is 14.2. The molecule has 1 spiro atoms. The number of hydrogen-bond acceptors (Lipinski definition) is 13. The van der Waals surface area contributed by atoms with Crippen LogP contribution in [0.2, 0.25) is 0 Å². The van der Waals surface area contributed by atoms with Crippen molar-refractivity contribution in [3.8, 4) is 5.75 Å². The number of carbonyl (C=O) groups is 4. The maximum Gasteiger partial charge on any atom is 0.416 e. The number of rotatable bonds is 16. The molecule has 4 fully saturated rings. The highest BCUT2D eigenvalue weighted by Crippen LogP contribution is 2.81. The molecule has 8 rings (SSSR count). The zero-order chi connectivity index (χ0) is 53.3.